The molecule has 3 nitrogen and oxygen atoms in total. The molecule has 0 aliphatic carbocycles. The molecule has 84 valence electrons. The highest BCUT2D eigenvalue weighted by atomic mass is 79.9. The Morgan fingerprint density at radius 1 is 1.12 bits per heavy atom. The van der Waals surface area contributed by atoms with Crippen molar-refractivity contribution in [1.29, 1.82) is 0 Å². The van der Waals surface area contributed by atoms with Crippen molar-refractivity contribution in [1.82, 2.24) is 0 Å². The molecule has 5 heteroatoms. The maximum Gasteiger partial charge on any atom is 0.238 e. The van der Waals surface area contributed by atoms with Gasteiger partial charge in [-0.1, -0.05) is 28.1 Å². The van der Waals surface area contributed by atoms with Gasteiger partial charge in [-0.05, 0) is 41.5 Å². The fraction of sp³-hybridized carbons (Fsp3) is 0.0909. The summed E-state index contributed by atoms with van der Waals surface area (Å²) in [6.07, 6.45) is 0. The van der Waals surface area contributed by atoms with E-state index < -0.39 is 10.0 Å². The fourth-order valence-corrected chi connectivity index (χ4v) is 2.85. The summed E-state index contributed by atoms with van der Waals surface area (Å²) in [5.41, 5.74) is 0.664. The molecule has 0 fully saturated rings. The lowest BCUT2D eigenvalue weighted by atomic mass is 10.1. The molecule has 0 atom stereocenters. The Morgan fingerprint density at radius 2 is 1.81 bits per heavy atom. The number of hydrogen-bond acceptors (Lipinski definition) is 2. The molecule has 0 aliphatic rings. The first-order valence-electron chi connectivity index (χ1n) is 4.60. The molecule has 0 heterocycles. The van der Waals surface area contributed by atoms with Gasteiger partial charge in [0.1, 0.15) is 0 Å². The molecule has 0 radical (unpaired) electrons. The molecule has 0 amide bonds. The summed E-state index contributed by atoms with van der Waals surface area (Å²) in [6.45, 7) is 1.74. The number of sulfonamides is 1. The molecule has 0 unspecified atom stereocenters. The average molecular weight is 300 g/mol. The van der Waals surface area contributed by atoms with Crippen LogP contribution in [-0.2, 0) is 10.0 Å². The number of primary sulfonamides is 1. The van der Waals surface area contributed by atoms with Gasteiger partial charge >= 0.3 is 0 Å². The Morgan fingerprint density at radius 3 is 2.44 bits per heavy atom. The molecular weight excluding hydrogens is 290 g/mol. The summed E-state index contributed by atoms with van der Waals surface area (Å²) in [7, 11) is -3.65. The highest BCUT2D eigenvalue weighted by Crippen LogP contribution is 2.25. The van der Waals surface area contributed by atoms with E-state index in [1.165, 1.54) is 0 Å². The number of fused-ring (bicyclic) bond motifs is 1. The van der Waals surface area contributed by atoms with Crippen LogP contribution in [0.5, 0.6) is 0 Å². The van der Waals surface area contributed by atoms with E-state index in [0.29, 0.717) is 5.56 Å². The number of halogens is 1. The van der Waals surface area contributed by atoms with Crippen LogP contribution >= 0.6 is 15.9 Å². The van der Waals surface area contributed by atoms with Crippen LogP contribution < -0.4 is 5.14 Å². The van der Waals surface area contributed by atoms with Crippen LogP contribution in [0.4, 0.5) is 0 Å². The van der Waals surface area contributed by atoms with Crippen LogP contribution in [0.2, 0.25) is 0 Å². The molecule has 2 rings (SSSR count). The molecule has 2 aromatic rings. The first kappa shape index (κ1) is 11.6. The first-order chi connectivity index (χ1) is 7.38. The Hall–Kier alpha value is -0.910. The standard InChI is InChI=1S/C11H10BrNO2S/c1-7-4-8-2-3-10(12)5-9(8)6-11(7)16(13,14)15/h2-6H,1H3,(H2,13,14,15). The Balaban J connectivity index is 2.84. The predicted octanol–water partition coefficient (Wildman–Crippen LogP) is 2.56. The Kier molecular flexibility index (Phi) is 2.77. The van der Waals surface area contributed by atoms with E-state index in [-0.39, 0.29) is 4.90 Å². The minimum Gasteiger partial charge on any atom is -0.225 e. The number of aryl methyl sites for hydroxylation is 1. The van der Waals surface area contributed by atoms with E-state index in [0.717, 1.165) is 15.2 Å². The van der Waals surface area contributed by atoms with E-state index >= 15 is 0 Å². The second-order valence-electron chi connectivity index (χ2n) is 3.65. The average Bonchev–Trinajstić information content (AvgIpc) is 2.16. The predicted molar refractivity (Wildman–Crippen MR) is 67.8 cm³/mol. The zero-order valence-electron chi connectivity index (χ0n) is 8.57. The van der Waals surface area contributed by atoms with Gasteiger partial charge < -0.3 is 0 Å². The molecule has 16 heavy (non-hydrogen) atoms. The van der Waals surface area contributed by atoms with Crippen LogP contribution in [-0.4, -0.2) is 8.42 Å². The lowest BCUT2D eigenvalue weighted by molar-refractivity contribution is 0.597. The molecule has 0 saturated heterocycles. The van der Waals surface area contributed by atoms with E-state index in [1.54, 1.807) is 13.0 Å². The quantitative estimate of drug-likeness (QED) is 0.880. The van der Waals surface area contributed by atoms with Crippen LogP contribution in [0.3, 0.4) is 0 Å². The summed E-state index contributed by atoms with van der Waals surface area (Å²) in [4.78, 5) is 0.179. The van der Waals surface area contributed by atoms with Crippen molar-refractivity contribution in [2.24, 2.45) is 5.14 Å². The van der Waals surface area contributed by atoms with Crippen LogP contribution in [0.25, 0.3) is 10.8 Å². The maximum atomic E-state index is 11.3. The molecular formula is C11H10BrNO2S. The molecule has 0 saturated carbocycles. The third kappa shape index (κ3) is 2.11. The SMILES string of the molecule is Cc1cc2ccc(Br)cc2cc1S(N)(=O)=O. The van der Waals surface area contributed by atoms with Crippen molar-refractivity contribution < 1.29 is 8.42 Å². The molecule has 2 N–H and O–H groups in total. The van der Waals surface area contributed by atoms with E-state index in [1.807, 2.05) is 24.3 Å². The zero-order valence-corrected chi connectivity index (χ0v) is 11.0. The zero-order chi connectivity index (χ0) is 11.9. The summed E-state index contributed by atoms with van der Waals surface area (Å²) in [5, 5.41) is 6.99. The van der Waals surface area contributed by atoms with Crippen molar-refractivity contribution >= 4 is 36.7 Å². The van der Waals surface area contributed by atoms with Crippen LogP contribution in [0.1, 0.15) is 5.56 Å². The van der Waals surface area contributed by atoms with Gasteiger partial charge in [0.25, 0.3) is 0 Å². The normalized spacial score (nSPS) is 11.9. The van der Waals surface area contributed by atoms with Gasteiger partial charge in [-0.3, -0.25) is 0 Å². The van der Waals surface area contributed by atoms with E-state index in [9.17, 15) is 8.42 Å². The summed E-state index contributed by atoms with van der Waals surface area (Å²) in [6, 6.07) is 9.13. The topological polar surface area (TPSA) is 60.2 Å². The summed E-state index contributed by atoms with van der Waals surface area (Å²) < 4.78 is 23.6. The first-order valence-corrected chi connectivity index (χ1v) is 6.94. The Bertz CT molecular complexity index is 665. The van der Waals surface area contributed by atoms with Crippen molar-refractivity contribution in [3.05, 3.63) is 40.4 Å². The van der Waals surface area contributed by atoms with Gasteiger partial charge in [-0.15, -0.1) is 0 Å². The lowest BCUT2D eigenvalue weighted by Crippen LogP contribution is -2.13. The maximum absolute atomic E-state index is 11.3. The smallest absolute Gasteiger partial charge is 0.225 e. The van der Waals surface area contributed by atoms with Gasteiger partial charge in [-0.25, -0.2) is 13.6 Å². The molecule has 2 aromatic carbocycles. The minimum atomic E-state index is -3.65. The molecule has 0 bridgehead atoms. The largest absolute Gasteiger partial charge is 0.238 e. The molecule has 0 aromatic heterocycles. The minimum absolute atomic E-state index is 0.179. The van der Waals surface area contributed by atoms with Crippen molar-refractivity contribution in [3.63, 3.8) is 0 Å². The molecule has 0 aliphatic heterocycles. The summed E-state index contributed by atoms with van der Waals surface area (Å²) >= 11 is 3.35. The van der Waals surface area contributed by atoms with Gasteiger partial charge in [0.05, 0.1) is 4.90 Å². The monoisotopic (exact) mass is 299 g/mol. The highest BCUT2D eigenvalue weighted by molar-refractivity contribution is 9.10. The van der Waals surface area contributed by atoms with Crippen molar-refractivity contribution in [3.8, 4) is 0 Å². The second kappa shape index (κ2) is 3.84. The van der Waals surface area contributed by atoms with Crippen LogP contribution in [0.15, 0.2) is 39.7 Å². The van der Waals surface area contributed by atoms with E-state index in [2.05, 4.69) is 15.9 Å². The fourth-order valence-electron chi connectivity index (χ4n) is 1.67. The van der Waals surface area contributed by atoms with Crippen molar-refractivity contribution in [2.75, 3.05) is 0 Å². The van der Waals surface area contributed by atoms with Gasteiger partial charge in [0.15, 0.2) is 0 Å². The van der Waals surface area contributed by atoms with Crippen LogP contribution in [0, 0.1) is 6.92 Å². The van der Waals surface area contributed by atoms with Gasteiger partial charge in [0, 0.05) is 4.47 Å². The number of rotatable bonds is 1. The Labute approximate surface area is 102 Å². The highest BCUT2D eigenvalue weighted by Gasteiger charge is 2.12. The number of hydrogen-bond donors (Lipinski definition) is 1. The number of nitrogens with two attached hydrogens (primary N) is 1. The second-order valence-corrected chi connectivity index (χ2v) is 6.10. The van der Waals surface area contributed by atoms with E-state index in [4.69, 9.17) is 5.14 Å². The molecule has 0 spiro atoms. The number of benzene rings is 2. The van der Waals surface area contributed by atoms with Gasteiger partial charge in [-0.2, -0.15) is 0 Å². The van der Waals surface area contributed by atoms with Crippen molar-refractivity contribution in [2.45, 2.75) is 11.8 Å². The lowest BCUT2D eigenvalue weighted by Gasteiger charge is -2.06. The van der Waals surface area contributed by atoms with Gasteiger partial charge in [0.2, 0.25) is 10.0 Å². The summed E-state index contributed by atoms with van der Waals surface area (Å²) in [5.74, 6) is 0. The third-order valence-corrected chi connectivity index (χ3v) is 3.95. The third-order valence-electron chi connectivity index (χ3n) is 2.40.